The number of rotatable bonds is 4. The lowest BCUT2D eigenvalue weighted by atomic mass is 10.0. The van der Waals surface area contributed by atoms with Gasteiger partial charge >= 0.3 is 5.97 Å². The lowest BCUT2D eigenvalue weighted by molar-refractivity contribution is 0.0521. The van der Waals surface area contributed by atoms with Crippen molar-refractivity contribution in [1.29, 1.82) is 5.26 Å². The van der Waals surface area contributed by atoms with Crippen molar-refractivity contribution in [3.8, 4) is 28.5 Å². The summed E-state index contributed by atoms with van der Waals surface area (Å²) in [5.74, 6) is -0.390. The van der Waals surface area contributed by atoms with Crippen molar-refractivity contribution in [3.05, 3.63) is 71.9 Å². The molecule has 3 rings (SSSR count). The molecule has 1 aromatic heterocycles. The molecule has 0 aliphatic heterocycles. The Balaban J connectivity index is 2.10. The van der Waals surface area contributed by atoms with E-state index in [9.17, 15) is 4.79 Å². The van der Waals surface area contributed by atoms with Crippen LogP contribution < -0.4 is 0 Å². The third-order valence-electron chi connectivity index (χ3n) is 3.71. The Bertz CT molecular complexity index is 888. The van der Waals surface area contributed by atoms with E-state index >= 15 is 0 Å². The van der Waals surface area contributed by atoms with Crippen molar-refractivity contribution in [2.24, 2.45) is 0 Å². The normalized spacial score (nSPS) is 10.2. The molecule has 0 aliphatic rings. The van der Waals surface area contributed by atoms with E-state index in [-0.39, 0.29) is 5.97 Å². The molecule has 0 atom stereocenters. The quantitative estimate of drug-likeness (QED) is 0.726. The molecular weight excluding hydrogens is 300 g/mol. The fourth-order valence-electron chi connectivity index (χ4n) is 2.54. The van der Waals surface area contributed by atoms with E-state index in [1.165, 1.54) is 0 Å². The first-order valence-electron chi connectivity index (χ1n) is 7.69. The molecule has 0 bridgehead atoms. The number of nitrogens with zero attached hydrogens (tertiary/aromatic N) is 1. The molecule has 118 valence electrons. The van der Waals surface area contributed by atoms with Gasteiger partial charge in [0.1, 0.15) is 5.69 Å². The van der Waals surface area contributed by atoms with Crippen LogP contribution in [0.1, 0.15) is 23.0 Å². The molecule has 0 saturated carbocycles. The molecule has 1 heterocycles. The van der Waals surface area contributed by atoms with Crippen molar-refractivity contribution in [2.45, 2.75) is 6.92 Å². The van der Waals surface area contributed by atoms with Crippen LogP contribution in [0.4, 0.5) is 0 Å². The number of hydrogen-bond acceptors (Lipinski definition) is 3. The number of ether oxygens (including phenoxy) is 1. The van der Waals surface area contributed by atoms with Crippen LogP contribution in [0, 0.1) is 11.3 Å². The van der Waals surface area contributed by atoms with Gasteiger partial charge in [0.2, 0.25) is 0 Å². The van der Waals surface area contributed by atoms with Gasteiger partial charge in [-0.1, -0.05) is 42.5 Å². The van der Waals surface area contributed by atoms with E-state index in [0.29, 0.717) is 17.9 Å². The number of aromatic amines is 1. The predicted octanol–water partition coefficient (Wildman–Crippen LogP) is 4.40. The largest absolute Gasteiger partial charge is 0.461 e. The molecule has 0 unspecified atom stereocenters. The van der Waals surface area contributed by atoms with Crippen LogP contribution in [0.25, 0.3) is 22.4 Å². The Morgan fingerprint density at radius 1 is 1.08 bits per heavy atom. The van der Waals surface area contributed by atoms with E-state index in [1.807, 2.05) is 48.5 Å². The Labute approximate surface area is 140 Å². The number of carbonyl (C=O) groups is 1. The van der Waals surface area contributed by atoms with Gasteiger partial charge in [0.25, 0.3) is 0 Å². The number of nitrogens with one attached hydrogen (secondary N) is 1. The fraction of sp³-hybridized carbons (Fsp3) is 0.100. The summed E-state index contributed by atoms with van der Waals surface area (Å²) in [6.45, 7) is 2.09. The third-order valence-corrected chi connectivity index (χ3v) is 3.71. The van der Waals surface area contributed by atoms with E-state index in [0.717, 1.165) is 22.4 Å². The summed E-state index contributed by atoms with van der Waals surface area (Å²) >= 11 is 0. The molecule has 2 aromatic carbocycles. The predicted molar refractivity (Wildman–Crippen MR) is 92.3 cm³/mol. The average Bonchev–Trinajstić information content (AvgIpc) is 3.08. The molecule has 24 heavy (non-hydrogen) atoms. The minimum Gasteiger partial charge on any atom is -0.461 e. The highest BCUT2D eigenvalue weighted by molar-refractivity contribution is 5.97. The molecule has 0 saturated heterocycles. The molecule has 0 aliphatic carbocycles. The van der Waals surface area contributed by atoms with Gasteiger partial charge in [-0.3, -0.25) is 0 Å². The summed E-state index contributed by atoms with van der Waals surface area (Å²) in [6, 6.07) is 21.0. The smallest absolute Gasteiger partial charge is 0.355 e. The van der Waals surface area contributed by atoms with Crippen LogP contribution in [0.5, 0.6) is 0 Å². The van der Waals surface area contributed by atoms with Crippen LogP contribution in [0.3, 0.4) is 0 Å². The SMILES string of the molecule is CCOC(=O)c1[nH]c(-c2ccccc2)cc1-c1ccc(C#N)cc1. The lowest BCUT2D eigenvalue weighted by Crippen LogP contribution is -2.06. The first-order chi connectivity index (χ1) is 11.7. The molecule has 3 aromatic rings. The minimum absolute atomic E-state index is 0.311. The van der Waals surface area contributed by atoms with Crippen molar-refractivity contribution in [1.82, 2.24) is 4.98 Å². The van der Waals surface area contributed by atoms with Gasteiger partial charge in [-0.05, 0) is 36.2 Å². The van der Waals surface area contributed by atoms with Crippen molar-refractivity contribution in [3.63, 3.8) is 0 Å². The van der Waals surface area contributed by atoms with Crippen LogP contribution in [0.15, 0.2) is 60.7 Å². The highest BCUT2D eigenvalue weighted by Crippen LogP contribution is 2.30. The Morgan fingerprint density at radius 3 is 2.42 bits per heavy atom. The number of H-pyrrole nitrogens is 1. The summed E-state index contributed by atoms with van der Waals surface area (Å²) in [4.78, 5) is 15.5. The summed E-state index contributed by atoms with van der Waals surface area (Å²) in [5, 5.41) is 8.93. The number of esters is 1. The summed E-state index contributed by atoms with van der Waals surface area (Å²) in [7, 11) is 0. The molecule has 0 spiro atoms. The highest BCUT2D eigenvalue weighted by atomic mass is 16.5. The maximum absolute atomic E-state index is 12.3. The molecule has 0 fully saturated rings. The van der Waals surface area contributed by atoms with Crippen LogP contribution in [0.2, 0.25) is 0 Å². The fourth-order valence-corrected chi connectivity index (χ4v) is 2.54. The molecule has 4 nitrogen and oxygen atoms in total. The number of benzene rings is 2. The van der Waals surface area contributed by atoms with E-state index in [1.54, 1.807) is 19.1 Å². The Morgan fingerprint density at radius 2 is 1.79 bits per heavy atom. The summed E-state index contributed by atoms with van der Waals surface area (Å²) in [5.41, 5.74) is 4.45. The Hall–Kier alpha value is -3.32. The molecule has 1 N–H and O–H groups in total. The van der Waals surface area contributed by atoms with E-state index in [2.05, 4.69) is 11.1 Å². The molecule has 0 amide bonds. The first kappa shape index (κ1) is 15.6. The van der Waals surface area contributed by atoms with E-state index in [4.69, 9.17) is 10.00 Å². The van der Waals surface area contributed by atoms with Crippen LogP contribution in [-0.2, 0) is 4.74 Å². The van der Waals surface area contributed by atoms with E-state index < -0.39 is 0 Å². The maximum Gasteiger partial charge on any atom is 0.355 e. The van der Waals surface area contributed by atoms with Gasteiger partial charge in [0.15, 0.2) is 0 Å². The highest BCUT2D eigenvalue weighted by Gasteiger charge is 2.18. The van der Waals surface area contributed by atoms with Gasteiger partial charge in [0, 0.05) is 11.3 Å². The molecule has 0 radical (unpaired) electrons. The minimum atomic E-state index is -0.390. The van der Waals surface area contributed by atoms with Crippen molar-refractivity contribution < 1.29 is 9.53 Å². The lowest BCUT2D eigenvalue weighted by Gasteiger charge is -2.04. The standard InChI is InChI=1S/C20H16N2O2/c1-2-24-20(23)19-17(15-10-8-14(13-21)9-11-15)12-18(22-19)16-6-4-3-5-7-16/h3-12,22H,2H2,1H3. The zero-order chi connectivity index (χ0) is 16.9. The number of aromatic nitrogens is 1. The zero-order valence-electron chi connectivity index (χ0n) is 13.2. The third kappa shape index (κ3) is 3.06. The zero-order valence-corrected chi connectivity index (χ0v) is 13.2. The average molecular weight is 316 g/mol. The van der Waals surface area contributed by atoms with Gasteiger partial charge in [-0.2, -0.15) is 5.26 Å². The Kier molecular flexibility index (Phi) is 4.44. The van der Waals surface area contributed by atoms with Crippen LogP contribution >= 0.6 is 0 Å². The molecule has 4 heteroatoms. The number of hydrogen-bond donors (Lipinski definition) is 1. The van der Waals surface area contributed by atoms with Crippen molar-refractivity contribution >= 4 is 5.97 Å². The first-order valence-corrected chi connectivity index (χ1v) is 7.69. The summed E-state index contributed by atoms with van der Waals surface area (Å²) in [6.07, 6.45) is 0. The van der Waals surface area contributed by atoms with Crippen LogP contribution in [-0.4, -0.2) is 17.6 Å². The second kappa shape index (κ2) is 6.84. The monoisotopic (exact) mass is 316 g/mol. The molecular formula is C20H16N2O2. The number of nitriles is 1. The van der Waals surface area contributed by atoms with Crippen molar-refractivity contribution in [2.75, 3.05) is 6.61 Å². The summed E-state index contributed by atoms with van der Waals surface area (Å²) < 4.78 is 5.16. The second-order valence-electron chi connectivity index (χ2n) is 5.25. The van der Waals surface area contributed by atoms with Gasteiger partial charge in [-0.25, -0.2) is 4.79 Å². The second-order valence-corrected chi connectivity index (χ2v) is 5.25. The van der Waals surface area contributed by atoms with Gasteiger partial charge in [0.05, 0.1) is 18.2 Å². The maximum atomic E-state index is 12.3. The topological polar surface area (TPSA) is 65.9 Å². The van der Waals surface area contributed by atoms with Gasteiger partial charge < -0.3 is 9.72 Å². The number of carbonyl (C=O) groups excluding carboxylic acids is 1. The van der Waals surface area contributed by atoms with Gasteiger partial charge in [-0.15, -0.1) is 0 Å².